The number of ether oxygens (including phenoxy) is 2. The molecule has 0 bridgehead atoms. The summed E-state index contributed by atoms with van der Waals surface area (Å²) >= 11 is 0. The molecule has 0 aliphatic carbocycles. The van der Waals surface area contributed by atoms with Crippen molar-refractivity contribution in [2.45, 2.75) is 32.2 Å². The highest BCUT2D eigenvalue weighted by Crippen LogP contribution is 2.29. The van der Waals surface area contributed by atoms with Crippen molar-refractivity contribution in [3.63, 3.8) is 0 Å². The standard InChI is InChI=1S/C15H19NO3/c1-11-15(2,14(18-3)13(17)9-16-11)19-10-12-7-5-4-6-8-12/h4-9,14,17H,10H2,1-3H3. The number of hydrogen-bond donors (Lipinski definition) is 1. The van der Waals surface area contributed by atoms with Gasteiger partial charge in [-0.2, -0.15) is 0 Å². The van der Waals surface area contributed by atoms with Gasteiger partial charge < -0.3 is 14.6 Å². The molecule has 4 nitrogen and oxygen atoms in total. The van der Waals surface area contributed by atoms with E-state index in [1.54, 1.807) is 7.11 Å². The summed E-state index contributed by atoms with van der Waals surface area (Å²) in [5.74, 6) is 0.0867. The highest BCUT2D eigenvalue weighted by atomic mass is 16.6. The number of benzene rings is 1. The number of rotatable bonds is 4. The molecule has 2 atom stereocenters. The highest BCUT2D eigenvalue weighted by Gasteiger charge is 2.43. The van der Waals surface area contributed by atoms with Gasteiger partial charge in [0.15, 0.2) is 0 Å². The molecule has 0 spiro atoms. The largest absolute Gasteiger partial charge is 0.508 e. The Morgan fingerprint density at radius 3 is 2.63 bits per heavy atom. The Morgan fingerprint density at radius 1 is 1.32 bits per heavy atom. The molecule has 0 amide bonds. The summed E-state index contributed by atoms with van der Waals surface area (Å²) in [4.78, 5) is 4.17. The fourth-order valence-electron chi connectivity index (χ4n) is 2.16. The lowest BCUT2D eigenvalue weighted by Gasteiger charge is -2.38. The molecule has 1 N–H and O–H groups in total. The van der Waals surface area contributed by atoms with Crippen LogP contribution in [0.15, 0.2) is 47.3 Å². The molecule has 1 aliphatic heterocycles. The molecule has 19 heavy (non-hydrogen) atoms. The van der Waals surface area contributed by atoms with Crippen LogP contribution in [0.1, 0.15) is 19.4 Å². The summed E-state index contributed by atoms with van der Waals surface area (Å²) in [5.41, 5.74) is 1.09. The highest BCUT2D eigenvalue weighted by molar-refractivity contribution is 5.92. The fourth-order valence-corrected chi connectivity index (χ4v) is 2.16. The van der Waals surface area contributed by atoms with Crippen LogP contribution in [0.25, 0.3) is 0 Å². The second kappa shape index (κ2) is 5.55. The molecular formula is C15H19NO3. The van der Waals surface area contributed by atoms with Crippen molar-refractivity contribution in [1.29, 1.82) is 0 Å². The molecule has 0 fully saturated rings. The van der Waals surface area contributed by atoms with E-state index in [9.17, 15) is 5.11 Å². The van der Waals surface area contributed by atoms with Gasteiger partial charge in [0, 0.05) is 12.8 Å². The Bertz CT molecular complexity index is 495. The molecule has 0 saturated carbocycles. The molecule has 2 rings (SSSR count). The lowest BCUT2D eigenvalue weighted by Crippen LogP contribution is -2.51. The number of aliphatic hydroxyl groups excluding tert-OH is 1. The molecule has 1 aromatic carbocycles. The topological polar surface area (TPSA) is 51.0 Å². The van der Waals surface area contributed by atoms with Crippen LogP contribution in [-0.2, 0) is 16.1 Å². The van der Waals surface area contributed by atoms with E-state index in [-0.39, 0.29) is 5.76 Å². The fraction of sp³-hybridized carbons (Fsp3) is 0.400. The third kappa shape index (κ3) is 2.69. The maximum Gasteiger partial charge on any atom is 0.149 e. The number of aliphatic hydroxyl groups is 1. The molecule has 0 radical (unpaired) electrons. The van der Waals surface area contributed by atoms with Crippen LogP contribution in [-0.4, -0.2) is 29.6 Å². The monoisotopic (exact) mass is 261 g/mol. The van der Waals surface area contributed by atoms with E-state index in [2.05, 4.69) is 4.99 Å². The molecule has 0 saturated heterocycles. The van der Waals surface area contributed by atoms with Crippen LogP contribution >= 0.6 is 0 Å². The van der Waals surface area contributed by atoms with Crippen molar-refractivity contribution < 1.29 is 14.6 Å². The van der Waals surface area contributed by atoms with Crippen molar-refractivity contribution in [2.24, 2.45) is 4.99 Å². The maximum absolute atomic E-state index is 9.87. The van der Waals surface area contributed by atoms with Crippen LogP contribution in [0.5, 0.6) is 0 Å². The minimum absolute atomic E-state index is 0.0867. The molecular weight excluding hydrogens is 242 g/mol. The zero-order valence-electron chi connectivity index (χ0n) is 11.5. The smallest absolute Gasteiger partial charge is 0.149 e. The van der Waals surface area contributed by atoms with Crippen molar-refractivity contribution in [2.75, 3.05) is 7.11 Å². The van der Waals surface area contributed by atoms with Gasteiger partial charge in [0.25, 0.3) is 0 Å². The van der Waals surface area contributed by atoms with E-state index >= 15 is 0 Å². The van der Waals surface area contributed by atoms with Crippen LogP contribution < -0.4 is 0 Å². The van der Waals surface area contributed by atoms with Gasteiger partial charge in [-0.3, -0.25) is 4.99 Å². The first-order valence-corrected chi connectivity index (χ1v) is 6.22. The van der Waals surface area contributed by atoms with Crippen molar-refractivity contribution >= 4 is 5.71 Å². The Balaban J connectivity index is 2.16. The van der Waals surface area contributed by atoms with Gasteiger partial charge in [-0.1, -0.05) is 30.3 Å². The number of methoxy groups -OCH3 is 1. The second-order valence-electron chi connectivity index (χ2n) is 4.77. The molecule has 1 heterocycles. The van der Waals surface area contributed by atoms with Crippen LogP contribution in [0, 0.1) is 0 Å². The minimum atomic E-state index is -0.760. The number of hydrogen-bond acceptors (Lipinski definition) is 4. The average Bonchev–Trinajstić information content (AvgIpc) is 2.43. The van der Waals surface area contributed by atoms with Gasteiger partial charge in [-0.25, -0.2) is 0 Å². The minimum Gasteiger partial charge on any atom is -0.508 e. The van der Waals surface area contributed by atoms with E-state index in [4.69, 9.17) is 9.47 Å². The summed E-state index contributed by atoms with van der Waals surface area (Å²) in [6, 6.07) is 9.89. The average molecular weight is 261 g/mol. The first-order valence-electron chi connectivity index (χ1n) is 6.22. The van der Waals surface area contributed by atoms with E-state index in [0.717, 1.165) is 11.3 Å². The molecule has 2 unspecified atom stereocenters. The summed E-state index contributed by atoms with van der Waals surface area (Å²) in [5, 5.41) is 9.87. The SMILES string of the molecule is COC1C(O)=CN=C(C)C1(C)OCc1ccccc1. The summed E-state index contributed by atoms with van der Waals surface area (Å²) in [6.45, 7) is 4.20. The van der Waals surface area contributed by atoms with E-state index < -0.39 is 11.7 Å². The second-order valence-corrected chi connectivity index (χ2v) is 4.77. The lowest BCUT2D eigenvalue weighted by atomic mass is 9.90. The maximum atomic E-state index is 9.87. The molecule has 4 heteroatoms. The first kappa shape index (κ1) is 13.8. The van der Waals surface area contributed by atoms with E-state index in [0.29, 0.717) is 6.61 Å². The van der Waals surface area contributed by atoms with Crippen molar-refractivity contribution in [1.82, 2.24) is 0 Å². The predicted molar refractivity (Wildman–Crippen MR) is 74.3 cm³/mol. The molecule has 0 aromatic heterocycles. The zero-order chi connectivity index (χ0) is 13.9. The summed E-state index contributed by atoms with van der Waals surface area (Å²) < 4.78 is 11.3. The summed E-state index contributed by atoms with van der Waals surface area (Å²) in [7, 11) is 1.55. The van der Waals surface area contributed by atoms with Crippen molar-refractivity contribution in [3.8, 4) is 0 Å². The third-order valence-corrected chi connectivity index (χ3v) is 3.50. The molecule has 1 aliphatic rings. The van der Waals surface area contributed by atoms with E-state index in [1.165, 1.54) is 6.20 Å². The van der Waals surface area contributed by atoms with Crippen LogP contribution in [0.3, 0.4) is 0 Å². The molecule has 102 valence electrons. The molecule has 1 aromatic rings. The predicted octanol–water partition coefficient (Wildman–Crippen LogP) is 2.85. The van der Waals surface area contributed by atoms with Crippen molar-refractivity contribution in [3.05, 3.63) is 47.9 Å². The first-order chi connectivity index (χ1) is 9.08. The van der Waals surface area contributed by atoms with Crippen LogP contribution in [0.2, 0.25) is 0 Å². The number of aliphatic imine (C=N–C) groups is 1. The number of nitrogens with zero attached hydrogens (tertiary/aromatic N) is 1. The van der Waals surface area contributed by atoms with Gasteiger partial charge >= 0.3 is 0 Å². The van der Waals surface area contributed by atoms with Crippen LogP contribution in [0.4, 0.5) is 0 Å². The Labute approximate surface area is 113 Å². The zero-order valence-corrected chi connectivity index (χ0v) is 11.5. The van der Waals surface area contributed by atoms with Gasteiger partial charge in [-0.05, 0) is 19.4 Å². The normalized spacial score (nSPS) is 26.8. The third-order valence-electron chi connectivity index (χ3n) is 3.50. The van der Waals surface area contributed by atoms with Gasteiger partial charge in [0.2, 0.25) is 0 Å². The van der Waals surface area contributed by atoms with Gasteiger partial charge in [0.05, 0.1) is 12.8 Å². The van der Waals surface area contributed by atoms with E-state index in [1.807, 2.05) is 44.2 Å². The Hall–Kier alpha value is -1.65. The van der Waals surface area contributed by atoms with Gasteiger partial charge in [0.1, 0.15) is 17.5 Å². The summed E-state index contributed by atoms with van der Waals surface area (Å²) in [6.07, 6.45) is 0.880. The Kier molecular flexibility index (Phi) is 4.02. The Morgan fingerprint density at radius 2 is 2.00 bits per heavy atom. The quantitative estimate of drug-likeness (QED) is 0.906. The van der Waals surface area contributed by atoms with Gasteiger partial charge in [-0.15, -0.1) is 0 Å². The lowest BCUT2D eigenvalue weighted by molar-refractivity contribution is -0.0904.